The van der Waals surface area contributed by atoms with Crippen LogP contribution in [0.15, 0.2) is 0 Å². The quantitative estimate of drug-likeness (QED) is 0.837. The lowest BCUT2D eigenvalue weighted by Crippen LogP contribution is -2.53. The van der Waals surface area contributed by atoms with Gasteiger partial charge in [-0.05, 0) is 25.2 Å². The Morgan fingerprint density at radius 3 is 2.67 bits per heavy atom. The summed E-state index contributed by atoms with van der Waals surface area (Å²) < 4.78 is 0. The van der Waals surface area contributed by atoms with Crippen LogP contribution < -0.4 is 0 Å². The number of carboxylic acids is 1. The number of rotatable bonds is 4. The molecule has 2 unspecified atom stereocenters. The van der Waals surface area contributed by atoms with E-state index in [-0.39, 0.29) is 6.03 Å². The number of hydrogen-bond donors (Lipinski definition) is 1. The second-order valence-electron chi connectivity index (χ2n) is 5.23. The van der Waals surface area contributed by atoms with Gasteiger partial charge < -0.3 is 14.9 Å². The van der Waals surface area contributed by atoms with Crippen LogP contribution in [0.4, 0.5) is 4.79 Å². The Labute approximate surface area is 109 Å². The summed E-state index contributed by atoms with van der Waals surface area (Å²) in [7, 11) is 1.74. The van der Waals surface area contributed by atoms with Crippen LogP contribution in [0.5, 0.6) is 0 Å². The van der Waals surface area contributed by atoms with Crippen molar-refractivity contribution in [3.05, 3.63) is 0 Å². The number of unbranched alkanes of at least 4 members (excludes halogenated alkanes) is 1. The van der Waals surface area contributed by atoms with E-state index < -0.39 is 12.0 Å². The van der Waals surface area contributed by atoms with Gasteiger partial charge in [-0.1, -0.05) is 20.3 Å². The molecular weight excluding hydrogens is 232 g/mol. The molecule has 1 aliphatic rings. The van der Waals surface area contributed by atoms with Gasteiger partial charge in [-0.15, -0.1) is 0 Å². The van der Waals surface area contributed by atoms with Gasteiger partial charge in [-0.25, -0.2) is 9.59 Å². The Morgan fingerprint density at radius 2 is 2.11 bits per heavy atom. The molecule has 1 heterocycles. The molecular formula is C13H24N2O3. The topological polar surface area (TPSA) is 60.9 Å². The molecule has 0 bridgehead atoms. The summed E-state index contributed by atoms with van der Waals surface area (Å²) in [4.78, 5) is 26.6. The summed E-state index contributed by atoms with van der Waals surface area (Å²) in [5.41, 5.74) is 0. The summed E-state index contributed by atoms with van der Waals surface area (Å²) in [5.74, 6) is -0.519. The molecule has 1 aliphatic heterocycles. The summed E-state index contributed by atoms with van der Waals surface area (Å²) in [6, 6.07) is -0.812. The summed E-state index contributed by atoms with van der Waals surface area (Å²) in [6.45, 7) is 5.35. The highest BCUT2D eigenvalue weighted by molar-refractivity contribution is 5.82. The summed E-state index contributed by atoms with van der Waals surface area (Å²) in [6.07, 6.45) is 3.42. The monoisotopic (exact) mass is 256 g/mol. The highest BCUT2D eigenvalue weighted by Gasteiger charge is 2.35. The maximum absolute atomic E-state index is 12.2. The van der Waals surface area contributed by atoms with Gasteiger partial charge in [0.2, 0.25) is 0 Å². The maximum atomic E-state index is 12.2. The first-order valence-corrected chi connectivity index (χ1v) is 6.71. The second-order valence-corrected chi connectivity index (χ2v) is 5.23. The number of amides is 2. The third kappa shape index (κ3) is 3.62. The summed E-state index contributed by atoms with van der Waals surface area (Å²) in [5, 5.41) is 9.22. The molecule has 1 saturated heterocycles. The van der Waals surface area contributed by atoms with Crippen molar-refractivity contribution >= 4 is 12.0 Å². The van der Waals surface area contributed by atoms with Crippen molar-refractivity contribution in [1.29, 1.82) is 0 Å². The van der Waals surface area contributed by atoms with Crippen molar-refractivity contribution in [2.24, 2.45) is 5.92 Å². The fourth-order valence-electron chi connectivity index (χ4n) is 2.31. The van der Waals surface area contributed by atoms with Gasteiger partial charge in [-0.2, -0.15) is 0 Å². The number of hydrogen-bond acceptors (Lipinski definition) is 2. The Balaban J connectivity index is 2.66. The number of nitrogens with zero attached hydrogens (tertiary/aromatic N) is 2. The van der Waals surface area contributed by atoms with E-state index in [1.54, 1.807) is 11.9 Å². The zero-order chi connectivity index (χ0) is 13.7. The number of aliphatic carboxylic acids is 1. The molecule has 2 amide bonds. The lowest BCUT2D eigenvalue weighted by atomic mass is 9.93. The Kier molecular flexibility index (Phi) is 5.44. The molecule has 0 aromatic rings. The van der Waals surface area contributed by atoms with Crippen LogP contribution in [0.2, 0.25) is 0 Å². The van der Waals surface area contributed by atoms with Gasteiger partial charge in [0.1, 0.15) is 6.04 Å². The van der Waals surface area contributed by atoms with E-state index in [0.29, 0.717) is 25.4 Å². The van der Waals surface area contributed by atoms with Crippen molar-refractivity contribution in [2.75, 3.05) is 20.1 Å². The molecule has 104 valence electrons. The predicted octanol–water partition coefficient (Wildman–Crippen LogP) is 2.02. The standard InChI is InChI=1S/C13H24N2O3/c1-4-5-7-14(3)13(18)15-8-6-10(2)9-11(15)12(16)17/h10-11H,4-9H2,1-3H3,(H,16,17). The first kappa shape index (κ1) is 14.8. The summed E-state index contributed by atoms with van der Waals surface area (Å²) >= 11 is 0. The highest BCUT2D eigenvalue weighted by Crippen LogP contribution is 2.23. The number of piperidine rings is 1. The molecule has 0 aliphatic carbocycles. The molecule has 0 radical (unpaired) electrons. The Morgan fingerprint density at radius 1 is 1.44 bits per heavy atom. The molecule has 0 saturated carbocycles. The van der Waals surface area contributed by atoms with E-state index in [1.165, 1.54) is 4.90 Å². The van der Waals surface area contributed by atoms with Crippen LogP contribution in [0.3, 0.4) is 0 Å². The van der Waals surface area contributed by atoms with Gasteiger partial charge in [0.05, 0.1) is 0 Å². The van der Waals surface area contributed by atoms with Crippen molar-refractivity contribution in [1.82, 2.24) is 9.80 Å². The van der Waals surface area contributed by atoms with Crippen molar-refractivity contribution in [2.45, 2.75) is 45.6 Å². The normalized spacial score (nSPS) is 23.8. The van der Waals surface area contributed by atoms with Crippen LogP contribution >= 0.6 is 0 Å². The molecule has 5 heteroatoms. The fourth-order valence-corrected chi connectivity index (χ4v) is 2.31. The number of likely N-dealkylation sites (tertiary alicyclic amines) is 1. The SMILES string of the molecule is CCCCN(C)C(=O)N1CCC(C)CC1C(=O)O. The minimum Gasteiger partial charge on any atom is -0.480 e. The van der Waals surface area contributed by atoms with E-state index in [0.717, 1.165) is 19.3 Å². The maximum Gasteiger partial charge on any atom is 0.326 e. The molecule has 2 atom stereocenters. The van der Waals surface area contributed by atoms with Crippen LogP contribution in [0, 0.1) is 5.92 Å². The van der Waals surface area contributed by atoms with Gasteiger partial charge >= 0.3 is 12.0 Å². The zero-order valence-corrected chi connectivity index (χ0v) is 11.6. The van der Waals surface area contributed by atoms with E-state index in [4.69, 9.17) is 0 Å². The van der Waals surface area contributed by atoms with Crippen LogP contribution in [-0.2, 0) is 4.79 Å². The van der Waals surface area contributed by atoms with Crippen molar-refractivity contribution in [3.63, 3.8) is 0 Å². The third-order valence-corrected chi connectivity index (χ3v) is 3.57. The first-order chi connectivity index (χ1) is 8.47. The predicted molar refractivity (Wildman–Crippen MR) is 69.5 cm³/mol. The van der Waals surface area contributed by atoms with Crippen molar-refractivity contribution < 1.29 is 14.7 Å². The number of carbonyl (C=O) groups is 2. The van der Waals surface area contributed by atoms with Crippen LogP contribution in [0.25, 0.3) is 0 Å². The van der Waals surface area contributed by atoms with E-state index in [1.807, 2.05) is 6.92 Å². The molecule has 1 rings (SSSR count). The van der Waals surface area contributed by atoms with E-state index in [9.17, 15) is 14.7 Å². The Hall–Kier alpha value is -1.26. The van der Waals surface area contributed by atoms with Gasteiger partial charge in [0, 0.05) is 20.1 Å². The van der Waals surface area contributed by atoms with Crippen LogP contribution in [-0.4, -0.2) is 53.1 Å². The smallest absolute Gasteiger partial charge is 0.326 e. The van der Waals surface area contributed by atoms with Gasteiger partial charge in [0.25, 0.3) is 0 Å². The largest absolute Gasteiger partial charge is 0.480 e. The number of carbonyl (C=O) groups excluding carboxylic acids is 1. The molecule has 1 fully saturated rings. The third-order valence-electron chi connectivity index (χ3n) is 3.57. The zero-order valence-electron chi connectivity index (χ0n) is 11.6. The number of carboxylic acid groups (broad SMARTS) is 1. The lowest BCUT2D eigenvalue weighted by molar-refractivity contribution is -0.144. The molecule has 1 N–H and O–H groups in total. The van der Waals surface area contributed by atoms with Gasteiger partial charge in [-0.3, -0.25) is 0 Å². The van der Waals surface area contributed by atoms with E-state index in [2.05, 4.69) is 6.92 Å². The van der Waals surface area contributed by atoms with Crippen LogP contribution in [0.1, 0.15) is 39.5 Å². The fraction of sp³-hybridized carbons (Fsp3) is 0.846. The second kappa shape index (κ2) is 6.61. The minimum atomic E-state index is -0.890. The minimum absolute atomic E-state index is 0.150. The first-order valence-electron chi connectivity index (χ1n) is 6.71. The van der Waals surface area contributed by atoms with Gasteiger partial charge in [0.15, 0.2) is 0 Å². The van der Waals surface area contributed by atoms with E-state index >= 15 is 0 Å². The average molecular weight is 256 g/mol. The molecule has 18 heavy (non-hydrogen) atoms. The lowest BCUT2D eigenvalue weighted by Gasteiger charge is -2.38. The molecule has 0 spiro atoms. The number of urea groups is 1. The molecule has 5 nitrogen and oxygen atoms in total. The molecule has 0 aromatic carbocycles. The Bertz CT molecular complexity index is 307. The average Bonchev–Trinajstić information content (AvgIpc) is 2.34. The van der Waals surface area contributed by atoms with Crippen molar-refractivity contribution in [3.8, 4) is 0 Å². The molecule has 0 aromatic heterocycles. The highest BCUT2D eigenvalue weighted by atomic mass is 16.4.